The van der Waals surface area contributed by atoms with E-state index in [1.54, 1.807) is 10.9 Å². The van der Waals surface area contributed by atoms with E-state index in [0.717, 1.165) is 22.4 Å². The van der Waals surface area contributed by atoms with Gasteiger partial charge in [-0.05, 0) is 30.2 Å². The topological polar surface area (TPSA) is 93.1 Å². The van der Waals surface area contributed by atoms with Gasteiger partial charge in [0.05, 0.1) is 17.0 Å². The second kappa shape index (κ2) is 10.5. The summed E-state index contributed by atoms with van der Waals surface area (Å²) in [4.78, 5) is 13.1. The number of carbonyl (C=O) groups excluding carboxylic acids is 1. The number of aryl methyl sites for hydroxylation is 1. The van der Waals surface area contributed by atoms with Crippen LogP contribution in [0.15, 0.2) is 91.1 Å². The Morgan fingerprint density at radius 2 is 1.56 bits per heavy atom. The molecule has 0 saturated heterocycles. The summed E-state index contributed by atoms with van der Waals surface area (Å²) in [6.45, 7) is 2.15. The van der Waals surface area contributed by atoms with Crippen molar-refractivity contribution in [2.24, 2.45) is 0 Å². The molecule has 0 aliphatic heterocycles. The minimum atomic E-state index is -3.55. The summed E-state index contributed by atoms with van der Waals surface area (Å²) in [7, 11) is -3.55. The van der Waals surface area contributed by atoms with Crippen molar-refractivity contribution < 1.29 is 13.2 Å². The average Bonchev–Trinajstić information content (AvgIpc) is 3.30. The van der Waals surface area contributed by atoms with Gasteiger partial charge in [0.2, 0.25) is 10.0 Å². The van der Waals surface area contributed by atoms with E-state index in [1.807, 2.05) is 91.9 Å². The lowest BCUT2D eigenvalue weighted by Gasteiger charge is -2.09. The zero-order chi connectivity index (χ0) is 24.0. The van der Waals surface area contributed by atoms with Crippen molar-refractivity contribution in [3.8, 4) is 16.9 Å². The molecule has 1 aromatic heterocycles. The van der Waals surface area contributed by atoms with Crippen molar-refractivity contribution >= 4 is 15.9 Å². The Bertz CT molecular complexity index is 1370. The summed E-state index contributed by atoms with van der Waals surface area (Å²) in [5.74, 6) is -0.600. The van der Waals surface area contributed by atoms with Crippen molar-refractivity contribution in [2.45, 2.75) is 13.5 Å². The molecule has 0 radical (unpaired) electrons. The normalized spacial score (nSPS) is 11.3. The monoisotopic (exact) mass is 474 g/mol. The summed E-state index contributed by atoms with van der Waals surface area (Å²) in [6.07, 6.45) is 1.68. The first kappa shape index (κ1) is 23.4. The fourth-order valence-electron chi connectivity index (χ4n) is 3.55. The molecule has 0 bridgehead atoms. The predicted octanol–water partition coefficient (Wildman–Crippen LogP) is 3.70. The molecule has 174 valence electrons. The SMILES string of the molecule is Cc1ccccc1-c1nn(-c2ccccc2)cc1C(=O)NCCS(=O)(=O)NCc1ccccc1. The number of amides is 1. The van der Waals surface area contributed by atoms with Gasteiger partial charge in [0.15, 0.2) is 0 Å². The van der Waals surface area contributed by atoms with Crippen molar-refractivity contribution in [3.05, 3.63) is 108 Å². The molecular formula is C26H26N4O3S. The summed E-state index contributed by atoms with van der Waals surface area (Å²) in [5.41, 5.74) is 4.45. The molecule has 1 heterocycles. The fraction of sp³-hybridized carbons (Fsp3) is 0.154. The molecule has 0 unspecified atom stereocenters. The fourth-order valence-corrected chi connectivity index (χ4v) is 4.45. The average molecular weight is 475 g/mol. The number of nitrogens with one attached hydrogen (secondary N) is 2. The Morgan fingerprint density at radius 1 is 0.912 bits per heavy atom. The van der Waals surface area contributed by atoms with Crippen LogP contribution >= 0.6 is 0 Å². The number of rotatable bonds is 9. The van der Waals surface area contributed by atoms with E-state index in [9.17, 15) is 13.2 Å². The first-order valence-corrected chi connectivity index (χ1v) is 12.6. The molecule has 3 aromatic carbocycles. The smallest absolute Gasteiger partial charge is 0.255 e. The highest BCUT2D eigenvalue weighted by Gasteiger charge is 2.20. The van der Waals surface area contributed by atoms with Crippen LogP contribution in [0.5, 0.6) is 0 Å². The third-order valence-corrected chi connectivity index (χ3v) is 6.70. The van der Waals surface area contributed by atoms with E-state index in [2.05, 4.69) is 15.1 Å². The molecule has 0 aliphatic rings. The Labute approximate surface area is 199 Å². The molecule has 0 spiro atoms. The van der Waals surface area contributed by atoms with Crippen LogP contribution in [-0.4, -0.2) is 36.4 Å². The van der Waals surface area contributed by atoms with Crippen LogP contribution in [0, 0.1) is 6.92 Å². The molecule has 0 fully saturated rings. The highest BCUT2D eigenvalue weighted by Crippen LogP contribution is 2.26. The van der Waals surface area contributed by atoms with Crippen molar-refractivity contribution in [1.29, 1.82) is 0 Å². The van der Waals surface area contributed by atoms with Crippen molar-refractivity contribution in [1.82, 2.24) is 19.8 Å². The number of nitrogens with zero attached hydrogens (tertiary/aromatic N) is 2. The van der Waals surface area contributed by atoms with Crippen LogP contribution in [0.4, 0.5) is 0 Å². The van der Waals surface area contributed by atoms with Gasteiger partial charge in [-0.3, -0.25) is 4.79 Å². The van der Waals surface area contributed by atoms with Gasteiger partial charge in [-0.2, -0.15) is 5.10 Å². The molecule has 0 aliphatic carbocycles. The van der Waals surface area contributed by atoms with Gasteiger partial charge < -0.3 is 5.32 Å². The van der Waals surface area contributed by atoms with Gasteiger partial charge in [0, 0.05) is 24.8 Å². The highest BCUT2D eigenvalue weighted by atomic mass is 32.2. The zero-order valence-corrected chi connectivity index (χ0v) is 19.6. The second-order valence-electron chi connectivity index (χ2n) is 7.87. The Balaban J connectivity index is 1.49. The van der Waals surface area contributed by atoms with E-state index in [0.29, 0.717) is 11.3 Å². The van der Waals surface area contributed by atoms with E-state index in [1.165, 1.54) is 0 Å². The van der Waals surface area contributed by atoms with Crippen molar-refractivity contribution in [2.75, 3.05) is 12.3 Å². The predicted molar refractivity (Wildman–Crippen MR) is 133 cm³/mol. The molecule has 2 N–H and O–H groups in total. The molecule has 1 amide bonds. The standard InChI is InChI=1S/C26H26N4O3S/c1-20-10-8-9-15-23(20)25-24(19-30(29-25)22-13-6-3-7-14-22)26(31)27-16-17-34(32,33)28-18-21-11-4-2-5-12-21/h2-15,19,28H,16-18H2,1H3,(H,27,31). The van der Waals surface area contributed by atoms with Crippen LogP contribution in [0.3, 0.4) is 0 Å². The number of hydrogen-bond acceptors (Lipinski definition) is 4. The Morgan fingerprint density at radius 3 is 2.26 bits per heavy atom. The summed E-state index contributed by atoms with van der Waals surface area (Å²) in [6, 6.07) is 26.5. The highest BCUT2D eigenvalue weighted by molar-refractivity contribution is 7.89. The molecule has 8 heteroatoms. The second-order valence-corrected chi connectivity index (χ2v) is 9.79. The molecule has 4 aromatic rings. The van der Waals surface area contributed by atoms with E-state index < -0.39 is 10.0 Å². The third-order valence-electron chi connectivity index (χ3n) is 5.38. The lowest BCUT2D eigenvalue weighted by molar-refractivity contribution is 0.0956. The van der Waals surface area contributed by atoms with Gasteiger partial charge in [-0.25, -0.2) is 17.8 Å². The lowest BCUT2D eigenvalue weighted by atomic mass is 10.0. The first-order chi connectivity index (χ1) is 16.4. The molecule has 4 rings (SSSR count). The van der Waals surface area contributed by atoms with Crippen molar-refractivity contribution in [3.63, 3.8) is 0 Å². The number of para-hydroxylation sites is 1. The van der Waals surface area contributed by atoms with Gasteiger partial charge in [-0.1, -0.05) is 72.8 Å². The quantitative estimate of drug-likeness (QED) is 0.387. The van der Waals surface area contributed by atoms with Crippen LogP contribution in [0.25, 0.3) is 16.9 Å². The third kappa shape index (κ3) is 5.78. The number of aromatic nitrogens is 2. The van der Waals surface area contributed by atoms with Gasteiger partial charge in [0.1, 0.15) is 5.69 Å². The number of sulfonamides is 1. The van der Waals surface area contributed by atoms with Gasteiger partial charge in [0.25, 0.3) is 5.91 Å². The molecule has 0 saturated carbocycles. The molecule has 34 heavy (non-hydrogen) atoms. The largest absolute Gasteiger partial charge is 0.351 e. The Kier molecular flexibility index (Phi) is 7.20. The lowest BCUT2D eigenvalue weighted by Crippen LogP contribution is -2.34. The minimum absolute atomic E-state index is 0.0211. The maximum absolute atomic E-state index is 13.1. The first-order valence-electron chi connectivity index (χ1n) is 10.9. The molecular weight excluding hydrogens is 448 g/mol. The Hall–Kier alpha value is -3.75. The van der Waals surface area contributed by atoms with E-state index in [-0.39, 0.29) is 24.7 Å². The van der Waals surface area contributed by atoms with E-state index >= 15 is 0 Å². The van der Waals surface area contributed by atoms with Crippen LogP contribution in [-0.2, 0) is 16.6 Å². The maximum atomic E-state index is 13.1. The van der Waals surface area contributed by atoms with Crippen LogP contribution in [0.1, 0.15) is 21.5 Å². The van der Waals surface area contributed by atoms with E-state index in [4.69, 9.17) is 0 Å². The summed E-state index contributed by atoms with van der Waals surface area (Å²) >= 11 is 0. The maximum Gasteiger partial charge on any atom is 0.255 e. The molecule has 7 nitrogen and oxygen atoms in total. The molecule has 0 atom stereocenters. The summed E-state index contributed by atoms with van der Waals surface area (Å²) in [5, 5.41) is 7.41. The number of carbonyl (C=O) groups is 1. The minimum Gasteiger partial charge on any atom is -0.351 e. The summed E-state index contributed by atoms with van der Waals surface area (Å²) < 4.78 is 29.0. The van der Waals surface area contributed by atoms with Crippen LogP contribution < -0.4 is 10.0 Å². The van der Waals surface area contributed by atoms with Gasteiger partial charge >= 0.3 is 0 Å². The van der Waals surface area contributed by atoms with Crippen LogP contribution in [0.2, 0.25) is 0 Å². The number of benzene rings is 3. The van der Waals surface area contributed by atoms with Gasteiger partial charge in [-0.15, -0.1) is 0 Å². The number of hydrogen-bond donors (Lipinski definition) is 2. The zero-order valence-electron chi connectivity index (χ0n) is 18.8.